The van der Waals surface area contributed by atoms with Gasteiger partial charge in [0.25, 0.3) is 11.8 Å². The van der Waals surface area contributed by atoms with Gasteiger partial charge >= 0.3 is 5.97 Å². The Labute approximate surface area is 252 Å². The number of carbonyl (C=O) groups excluding carboxylic acids is 2. The van der Waals surface area contributed by atoms with Gasteiger partial charge in [-0.3, -0.25) is 14.5 Å². The van der Waals surface area contributed by atoms with Crippen LogP contribution in [0.2, 0.25) is 5.02 Å². The highest BCUT2D eigenvalue weighted by molar-refractivity contribution is 8.01. The van der Waals surface area contributed by atoms with Crippen LogP contribution in [0.15, 0.2) is 57.9 Å². The fraction of sp³-hybridized carbons (Fsp3) is 0.182. The van der Waals surface area contributed by atoms with Crippen LogP contribution in [0, 0.1) is 0 Å². The molecule has 2 atom stereocenters. The van der Waals surface area contributed by atoms with Crippen LogP contribution in [-0.4, -0.2) is 91.0 Å². The number of anilines is 1. The van der Waals surface area contributed by atoms with E-state index in [2.05, 4.69) is 40.5 Å². The van der Waals surface area contributed by atoms with Crippen LogP contribution in [0.25, 0.3) is 5.65 Å². The van der Waals surface area contributed by atoms with Crippen molar-refractivity contribution in [2.75, 3.05) is 17.2 Å². The number of carboxylic acids is 1. The molecular weight excluding hydrogens is 630 g/mol. The number of carboxylic acid groups (broad SMARTS) is 1. The lowest BCUT2D eigenvalue weighted by atomic mass is 10.0. The third kappa shape index (κ3) is 5.45. The van der Waals surface area contributed by atoms with Crippen molar-refractivity contribution < 1.29 is 24.3 Å². The molecule has 2 amide bonds. The third-order valence-electron chi connectivity index (χ3n) is 5.90. The highest BCUT2D eigenvalue weighted by atomic mass is 35.5. The number of oxime groups is 1. The number of hydrogen-bond acceptors (Lipinski definition) is 15. The van der Waals surface area contributed by atoms with E-state index in [1.165, 1.54) is 33.1 Å². The molecule has 1 unspecified atom stereocenters. The van der Waals surface area contributed by atoms with Crippen LogP contribution in [0.5, 0.6) is 5.75 Å². The van der Waals surface area contributed by atoms with Crippen LogP contribution >= 0.6 is 46.7 Å². The fourth-order valence-electron chi connectivity index (χ4n) is 3.98. The molecule has 6 rings (SSSR count). The molecule has 5 heterocycles. The predicted octanol–water partition coefficient (Wildman–Crippen LogP) is 0.920. The Kier molecular flexibility index (Phi) is 7.62. The molecule has 0 bridgehead atoms. The Balaban J connectivity index is 1.18. The van der Waals surface area contributed by atoms with Crippen molar-refractivity contribution in [1.29, 1.82) is 0 Å². The molecule has 4 aromatic rings. The van der Waals surface area contributed by atoms with Crippen LogP contribution in [0.3, 0.4) is 0 Å². The summed E-state index contributed by atoms with van der Waals surface area (Å²) < 4.78 is 5.29. The summed E-state index contributed by atoms with van der Waals surface area (Å²) in [4.78, 5) is 49.2. The summed E-state index contributed by atoms with van der Waals surface area (Å²) in [6.07, 6.45) is 0. The van der Waals surface area contributed by atoms with E-state index in [0.29, 0.717) is 27.0 Å². The lowest BCUT2D eigenvalue weighted by molar-refractivity contribution is -0.150. The molecule has 2 aliphatic heterocycles. The van der Waals surface area contributed by atoms with Crippen molar-refractivity contribution in [3.63, 3.8) is 0 Å². The second-order valence-corrected chi connectivity index (χ2v) is 11.9. The number of tetrazole rings is 1. The topological polar surface area (TPSA) is 216 Å². The number of nitrogens with zero attached hydrogens (tertiary/aromatic N) is 9. The van der Waals surface area contributed by atoms with Gasteiger partial charge in [-0.25, -0.2) is 4.79 Å². The molecule has 0 aliphatic carbocycles. The molecule has 0 radical (unpaired) electrons. The average Bonchev–Trinajstić information content (AvgIpc) is 3.63. The van der Waals surface area contributed by atoms with E-state index in [9.17, 15) is 19.5 Å². The molecule has 16 nitrogen and oxygen atoms in total. The van der Waals surface area contributed by atoms with Crippen molar-refractivity contribution in [2.45, 2.75) is 16.4 Å². The molecule has 3 aromatic heterocycles. The van der Waals surface area contributed by atoms with E-state index in [1.54, 1.807) is 36.4 Å². The van der Waals surface area contributed by atoms with E-state index >= 15 is 0 Å². The maximum absolute atomic E-state index is 13.3. The summed E-state index contributed by atoms with van der Waals surface area (Å²) >= 11 is 9.36. The summed E-state index contributed by atoms with van der Waals surface area (Å²) in [5, 5.41) is 32.4. The van der Waals surface area contributed by atoms with Gasteiger partial charge in [-0.15, -0.1) is 38.4 Å². The highest BCUT2D eigenvalue weighted by Crippen LogP contribution is 2.41. The van der Waals surface area contributed by atoms with Gasteiger partial charge in [0.2, 0.25) is 11.5 Å². The van der Waals surface area contributed by atoms with Gasteiger partial charge < -0.3 is 21.0 Å². The lowest BCUT2D eigenvalue weighted by Crippen LogP contribution is -2.71. The van der Waals surface area contributed by atoms with Crippen LogP contribution < -0.4 is 15.9 Å². The van der Waals surface area contributed by atoms with Crippen molar-refractivity contribution in [3.8, 4) is 5.75 Å². The number of nitrogen functional groups attached to an aromatic ring is 1. The summed E-state index contributed by atoms with van der Waals surface area (Å²) in [5.74, 6) is -1.87. The van der Waals surface area contributed by atoms with Gasteiger partial charge in [0.1, 0.15) is 22.1 Å². The van der Waals surface area contributed by atoms with E-state index < -0.39 is 29.2 Å². The molecule has 0 saturated carbocycles. The van der Waals surface area contributed by atoms with Crippen LogP contribution in [0.1, 0.15) is 5.82 Å². The number of halogens is 1. The minimum Gasteiger partial charge on any atom is -0.477 e. The molecule has 2 aliphatic rings. The number of nitrogens with two attached hydrogens (primary N) is 1. The van der Waals surface area contributed by atoms with Gasteiger partial charge in [0.05, 0.1) is 0 Å². The maximum Gasteiger partial charge on any atom is 0.352 e. The van der Waals surface area contributed by atoms with Crippen LogP contribution in [-0.2, 0) is 14.4 Å². The zero-order valence-electron chi connectivity index (χ0n) is 20.8. The number of β-lactam (4-membered cyclic amide) rings is 1. The predicted molar refractivity (Wildman–Crippen MR) is 152 cm³/mol. The second kappa shape index (κ2) is 11.5. The molecule has 214 valence electrons. The number of carbonyl (C=O) groups is 3. The molecule has 42 heavy (non-hydrogen) atoms. The SMILES string of the molecule is Nc1nc(C(=NOc2ccc(Cl)cc2)C(=O)NC2C(=O)N3C(C(=O)O)=C(CSc4ccc5nnnn5n4)CS[C@@H]23)ns1. The number of rotatable bonds is 9. The van der Waals surface area contributed by atoms with E-state index in [-0.39, 0.29) is 33.9 Å². The molecule has 1 fully saturated rings. The monoisotopic (exact) mass is 645 g/mol. The van der Waals surface area contributed by atoms with Crippen LogP contribution in [0.4, 0.5) is 5.13 Å². The first-order chi connectivity index (χ1) is 20.3. The summed E-state index contributed by atoms with van der Waals surface area (Å²) in [6, 6.07) is 8.64. The number of hydrogen-bond donors (Lipinski definition) is 3. The molecule has 20 heteroatoms. The summed E-state index contributed by atoms with van der Waals surface area (Å²) in [7, 11) is 0. The minimum absolute atomic E-state index is 0.0946. The average molecular weight is 646 g/mol. The molecular formula is C22H16ClN11O5S3. The number of aromatic nitrogens is 7. The van der Waals surface area contributed by atoms with Gasteiger partial charge in [0.15, 0.2) is 16.5 Å². The molecule has 4 N–H and O–H groups in total. The first-order valence-corrected chi connectivity index (χ1v) is 15.0. The van der Waals surface area contributed by atoms with Gasteiger partial charge in [0, 0.05) is 28.1 Å². The van der Waals surface area contributed by atoms with Crippen molar-refractivity contribution in [3.05, 3.63) is 58.5 Å². The number of thioether (sulfide) groups is 2. The largest absolute Gasteiger partial charge is 0.477 e. The summed E-state index contributed by atoms with van der Waals surface area (Å²) in [6.45, 7) is 0. The first kappa shape index (κ1) is 27.8. The standard InChI is InChI=1S/C22H16ClN11O5S3/c23-10-1-3-11(4-2-10)39-29-14(17-26-22(24)42-30-17)18(35)25-15-19(36)33-16(21(37)38)9(8-41-20(15)33)7-40-13-6-5-12-27-31-32-34(12)28-13/h1-6,15,20H,7-8H2,(H,25,35)(H,37,38)(H2,24,26,30)/t15?,20-/m0/s1. The molecule has 1 saturated heterocycles. The third-order valence-corrected chi connectivity index (χ3v) is 9.04. The van der Waals surface area contributed by atoms with Crippen molar-refractivity contribution in [2.24, 2.45) is 5.16 Å². The number of amides is 2. The molecule has 1 aromatic carbocycles. The zero-order valence-corrected chi connectivity index (χ0v) is 24.0. The van der Waals surface area contributed by atoms with Gasteiger partial charge in [-0.2, -0.15) is 9.36 Å². The number of nitrogens with one attached hydrogen (secondary N) is 1. The van der Waals surface area contributed by atoms with E-state index in [4.69, 9.17) is 22.2 Å². The lowest BCUT2D eigenvalue weighted by Gasteiger charge is -2.49. The normalized spacial score (nSPS) is 18.5. The Bertz CT molecular complexity index is 1780. The highest BCUT2D eigenvalue weighted by Gasteiger charge is 2.54. The van der Waals surface area contributed by atoms with Crippen molar-refractivity contribution >= 4 is 80.9 Å². The van der Waals surface area contributed by atoms with Crippen molar-refractivity contribution in [1.82, 2.24) is 44.8 Å². The zero-order chi connectivity index (χ0) is 29.4. The van der Waals surface area contributed by atoms with E-state index in [1.807, 2.05) is 0 Å². The Morgan fingerprint density at radius 1 is 1.26 bits per heavy atom. The van der Waals surface area contributed by atoms with Gasteiger partial charge in [-0.1, -0.05) is 16.8 Å². The molecule has 0 spiro atoms. The van der Waals surface area contributed by atoms with Gasteiger partial charge in [-0.05, 0) is 52.4 Å². The van der Waals surface area contributed by atoms with E-state index in [0.717, 1.165) is 11.5 Å². The minimum atomic E-state index is -1.25. The first-order valence-electron chi connectivity index (χ1n) is 11.8. The second-order valence-electron chi connectivity index (χ2n) is 8.55. The number of benzene rings is 1. The number of fused-ring (bicyclic) bond motifs is 2. The Hall–Kier alpha value is -4.33. The number of aliphatic carboxylic acids is 1. The Morgan fingerprint density at radius 2 is 2.07 bits per heavy atom. The smallest absolute Gasteiger partial charge is 0.352 e. The Morgan fingerprint density at radius 3 is 2.81 bits per heavy atom. The quantitative estimate of drug-likeness (QED) is 0.0998. The fourth-order valence-corrected chi connectivity index (χ4v) is 6.88. The summed E-state index contributed by atoms with van der Waals surface area (Å²) in [5.41, 5.74) is 6.25. The maximum atomic E-state index is 13.3.